The van der Waals surface area contributed by atoms with Crippen molar-refractivity contribution < 1.29 is 8.78 Å². The Kier molecular flexibility index (Phi) is 12.6. The smallest absolute Gasteiger partial charge is 0.159 e. The molecule has 11 aromatic rings. The molecule has 0 bridgehead atoms. The minimum absolute atomic E-state index is 0.326. The fraction of sp³-hybridized carbons (Fsp3) is 0.170. The van der Waals surface area contributed by atoms with Gasteiger partial charge < -0.3 is 15.3 Å². The van der Waals surface area contributed by atoms with Crippen molar-refractivity contribution in [3.8, 4) is 56.5 Å². The van der Waals surface area contributed by atoms with Gasteiger partial charge in [0.1, 0.15) is 34.1 Å². The number of thiophene rings is 1. The molecule has 0 amide bonds. The minimum atomic E-state index is -0.365. The van der Waals surface area contributed by atoms with Crippen LogP contribution in [-0.2, 0) is 0 Å². The van der Waals surface area contributed by atoms with E-state index in [0.29, 0.717) is 61.9 Å². The van der Waals surface area contributed by atoms with Crippen molar-refractivity contribution in [1.82, 2.24) is 60.3 Å². The van der Waals surface area contributed by atoms with Crippen LogP contribution in [0.4, 0.5) is 14.5 Å². The zero-order valence-electron chi connectivity index (χ0n) is 39.1. The van der Waals surface area contributed by atoms with E-state index in [-0.39, 0.29) is 11.6 Å². The van der Waals surface area contributed by atoms with E-state index in [9.17, 15) is 4.39 Å². The van der Waals surface area contributed by atoms with Gasteiger partial charge in [0.15, 0.2) is 11.6 Å². The molecule has 0 unspecified atom stereocenters. The number of nitrogens with one attached hydrogen (secondary N) is 5. The average molecular weight is 968 g/mol. The molecule has 0 radical (unpaired) electrons. The number of rotatable bonds is 12. The number of halogens is 2. The number of thioether (sulfide) groups is 1. The summed E-state index contributed by atoms with van der Waals surface area (Å²) in [7, 11) is 0. The third-order valence-corrected chi connectivity index (χ3v) is 13.3. The van der Waals surface area contributed by atoms with Crippen LogP contribution in [0.15, 0.2) is 120 Å². The summed E-state index contributed by atoms with van der Waals surface area (Å²) in [6.45, 7) is 16.7. The van der Waals surface area contributed by atoms with Crippen molar-refractivity contribution in [2.45, 2.75) is 53.2 Å². The van der Waals surface area contributed by atoms with Gasteiger partial charge >= 0.3 is 0 Å². The Morgan fingerprint density at radius 2 is 1.40 bits per heavy atom. The van der Waals surface area contributed by atoms with Gasteiger partial charge in [-0.25, -0.2) is 18.7 Å². The molecule has 0 aliphatic carbocycles. The lowest BCUT2D eigenvalue weighted by Gasteiger charge is -2.12. The van der Waals surface area contributed by atoms with Crippen LogP contribution in [0.3, 0.4) is 0 Å². The maximum Gasteiger partial charge on any atom is 0.159 e. The molecule has 0 aliphatic heterocycles. The Labute approximate surface area is 409 Å². The van der Waals surface area contributed by atoms with E-state index in [1.165, 1.54) is 12.1 Å². The molecule has 0 fully saturated rings. The zero-order chi connectivity index (χ0) is 48.6. The first-order valence-corrected chi connectivity index (χ1v) is 24.5. The molecule has 70 heavy (non-hydrogen) atoms. The second-order valence-corrected chi connectivity index (χ2v) is 19.9. The number of aromatic amines is 4. The molecule has 13 nitrogen and oxygen atoms in total. The summed E-state index contributed by atoms with van der Waals surface area (Å²) in [5.41, 5.74) is 14.4. The number of hydrogen-bond acceptors (Lipinski definition) is 11. The summed E-state index contributed by atoms with van der Waals surface area (Å²) in [5.74, 6) is 0.979. The molecule has 0 spiro atoms. The van der Waals surface area contributed by atoms with E-state index in [4.69, 9.17) is 9.97 Å². The van der Waals surface area contributed by atoms with Gasteiger partial charge in [0.05, 0.1) is 45.3 Å². The van der Waals surface area contributed by atoms with Crippen molar-refractivity contribution in [3.05, 3.63) is 143 Å². The fourth-order valence-corrected chi connectivity index (χ4v) is 9.53. The predicted octanol–water partition coefficient (Wildman–Crippen LogP) is 13.9. The van der Waals surface area contributed by atoms with E-state index < -0.39 is 0 Å². The third-order valence-electron chi connectivity index (χ3n) is 11.6. The van der Waals surface area contributed by atoms with Crippen LogP contribution in [0.1, 0.15) is 52.3 Å². The molecule has 9 aromatic heterocycles. The number of benzene rings is 2. The fourth-order valence-electron chi connectivity index (χ4n) is 8.30. The third kappa shape index (κ3) is 9.20. The van der Waals surface area contributed by atoms with Crippen molar-refractivity contribution in [3.63, 3.8) is 0 Å². The molecular formula is C53H47F2N13S2. The number of nitrogens with zero attached hydrogens (tertiary/aromatic N) is 8. The molecule has 0 saturated carbocycles. The standard InChI is InChI=1S/C28H24FN7S.C25H23FN6S/c1-15(2)8-16(3)32-19-9-18(12-30-13-19)20-10-21-24(11-22(20)29)35-36-26(21)28-33-23-4-6-31-25(27(23)34-28)17-5-7-37-14-17;1-13(2)33-12-15(4)22-24-20(6-8-28-22)29-25(30-24)23-17-9-16(18-11-27-7-5-14(18)3)19(26)10-21(17)31-32-23/h4-7,9-15,32H,3,8H2,1-2H3,(H,33,34)(H,35,36);5-13H,1-4H3,(H,29,30)(H,31,32)/b;15-12+. The molecule has 9 heterocycles. The Morgan fingerprint density at radius 3 is 2.07 bits per heavy atom. The second kappa shape index (κ2) is 19.2. The highest BCUT2D eigenvalue weighted by Gasteiger charge is 2.21. The Balaban J connectivity index is 0.000000163. The maximum absolute atomic E-state index is 15.2. The Hall–Kier alpha value is -7.89. The summed E-state index contributed by atoms with van der Waals surface area (Å²) in [6.07, 6.45) is 11.1. The van der Waals surface area contributed by atoms with Gasteiger partial charge in [-0.1, -0.05) is 34.3 Å². The summed E-state index contributed by atoms with van der Waals surface area (Å²) < 4.78 is 30.1. The van der Waals surface area contributed by atoms with Crippen LogP contribution >= 0.6 is 23.1 Å². The van der Waals surface area contributed by atoms with Gasteiger partial charge in [-0.15, -0.1) is 11.8 Å². The number of allylic oxidation sites excluding steroid dienone is 2. The Morgan fingerprint density at radius 1 is 0.729 bits per heavy atom. The number of hydrogen-bond donors (Lipinski definition) is 5. The normalized spacial score (nSPS) is 11.9. The van der Waals surface area contributed by atoms with Crippen LogP contribution in [0.5, 0.6) is 0 Å². The first-order valence-electron chi connectivity index (χ1n) is 22.6. The topological polar surface area (TPSA) is 178 Å². The van der Waals surface area contributed by atoms with Crippen LogP contribution in [-0.4, -0.2) is 65.5 Å². The highest BCUT2D eigenvalue weighted by atomic mass is 32.2. The molecule has 2 aromatic carbocycles. The van der Waals surface area contributed by atoms with E-state index in [0.717, 1.165) is 84.3 Å². The SMILES string of the molecule is C/C(=C\SC(C)C)c1nccc2[nH]c(-c3n[nH]c4cc(F)c(-c5cnccc5C)cc34)nc12.C=C(CC(C)C)Nc1cncc(-c2cc3c(-c4nc5c(-c6ccsc6)nccc5[nH]4)n[nH]c3cc2F)c1. The van der Waals surface area contributed by atoms with Crippen molar-refractivity contribution in [1.29, 1.82) is 0 Å². The largest absolute Gasteiger partial charge is 0.358 e. The number of fused-ring (bicyclic) bond motifs is 4. The van der Waals surface area contributed by atoms with Gasteiger partial charge in [-0.3, -0.25) is 30.1 Å². The van der Waals surface area contributed by atoms with Crippen molar-refractivity contribution in [2.24, 2.45) is 5.92 Å². The summed E-state index contributed by atoms with van der Waals surface area (Å²) in [6, 6.07) is 16.1. The quantitative estimate of drug-likeness (QED) is 0.0791. The predicted molar refractivity (Wildman–Crippen MR) is 281 cm³/mol. The highest BCUT2D eigenvalue weighted by molar-refractivity contribution is 8.02. The molecule has 0 aliphatic rings. The molecule has 350 valence electrons. The second-order valence-electron chi connectivity index (χ2n) is 17.7. The molecule has 11 rings (SSSR count). The van der Waals surface area contributed by atoms with Crippen LogP contribution in [0, 0.1) is 24.5 Å². The van der Waals surface area contributed by atoms with E-state index >= 15 is 4.39 Å². The number of anilines is 1. The van der Waals surface area contributed by atoms with Gasteiger partial charge in [-0.05, 0) is 90.6 Å². The minimum Gasteiger partial charge on any atom is -0.358 e. The van der Waals surface area contributed by atoms with Crippen molar-refractivity contribution in [2.75, 3.05) is 5.32 Å². The molecule has 0 atom stereocenters. The molecule has 5 N–H and O–H groups in total. The number of H-pyrrole nitrogens is 4. The van der Waals surface area contributed by atoms with Gasteiger partial charge in [0, 0.05) is 98.0 Å². The zero-order valence-corrected chi connectivity index (χ0v) is 40.7. The molecule has 17 heteroatoms. The highest BCUT2D eigenvalue weighted by Crippen LogP contribution is 2.37. The van der Waals surface area contributed by atoms with Crippen LogP contribution < -0.4 is 5.32 Å². The van der Waals surface area contributed by atoms with E-state index in [1.807, 2.05) is 61.0 Å². The number of imidazole rings is 2. The number of aromatic nitrogens is 12. The summed E-state index contributed by atoms with van der Waals surface area (Å²) in [5, 5.41) is 26.3. The summed E-state index contributed by atoms with van der Waals surface area (Å²) in [4.78, 5) is 34.0. The monoisotopic (exact) mass is 967 g/mol. The van der Waals surface area contributed by atoms with Crippen LogP contribution in [0.25, 0.3) is 106 Å². The first-order chi connectivity index (χ1) is 33.9. The molecular weight excluding hydrogens is 921 g/mol. The Bertz CT molecular complexity index is 3750. The van der Waals surface area contributed by atoms with E-state index in [2.05, 4.69) is 95.3 Å². The lowest BCUT2D eigenvalue weighted by molar-refractivity contribution is 0.632. The van der Waals surface area contributed by atoms with Crippen LogP contribution in [0.2, 0.25) is 0 Å². The number of aryl methyl sites for hydroxylation is 1. The van der Waals surface area contributed by atoms with Crippen molar-refractivity contribution >= 4 is 78.2 Å². The summed E-state index contributed by atoms with van der Waals surface area (Å²) >= 11 is 3.36. The maximum atomic E-state index is 15.2. The lowest BCUT2D eigenvalue weighted by atomic mass is 10.0. The van der Waals surface area contributed by atoms with E-state index in [1.54, 1.807) is 66.3 Å². The molecule has 0 saturated heterocycles. The lowest BCUT2D eigenvalue weighted by Crippen LogP contribution is -2.02. The van der Waals surface area contributed by atoms with Gasteiger partial charge in [-0.2, -0.15) is 21.5 Å². The van der Waals surface area contributed by atoms with Gasteiger partial charge in [0.2, 0.25) is 0 Å². The average Bonchev–Trinajstić information content (AvgIpc) is 4.20. The first kappa shape index (κ1) is 45.9. The number of pyridine rings is 4. The van der Waals surface area contributed by atoms with Gasteiger partial charge in [0.25, 0.3) is 0 Å².